The van der Waals surface area contributed by atoms with E-state index >= 15 is 0 Å². The normalized spacial score (nSPS) is 18.9. The molecule has 0 atom stereocenters. The predicted molar refractivity (Wildman–Crippen MR) is 78.0 cm³/mol. The second-order valence-electron chi connectivity index (χ2n) is 6.04. The van der Waals surface area contributed by atoms with Crippen LogP contribution in [0.5, 0.6) is 0 Å². The van der Waals surface area contributed by atoms with Crippen LogP contribution in [0, 0.1) is 5.41 Å². The van der Waals surface area contributed by atoms with E-state index in [1.165, 1.54) is 0 Å². The topological polar surface area (TPSA) is 73.6 Å². The molecule has 0 aromatic heterocycles. The molecule has 1 heterocycles. The zero-order valence-electron chi connectivity index (χ0n) is 12.2. The Balaban J connectivity index is 2.34. The van der Waals surface area contributed by atoms with E-state index in [9.17, 15) is 4.79 Å². The molecular formula is C13H26N2O3S. The van der Waals surface area contributed by atoms with Crippen molar-refractivity contribution in [1.29, 1.82) is 0 Å². The van der Waals surface area contributed by atoms with Crippen LogP contribution >= 0.6 is 11.8 Å². The maximum Gasteiger partial charge on any atom is 0.431 e. The van der Waals surface area contributed by atoms with Gasteiger partial charge in [0.25, 0.3) is 0 Å². The average Bonchev–Trinajstić information content (AvgIpc) is 2.28. The number of thioether (sulfide) groups is 1. The van der Waals surface area contributed by atoms with Gasteiger partial charge in [-0.3, -0.25) is 4.84 Å². The summed E-state index contributed by atoms with van der Waals surface area (Å²) in [6.07, 6.45) is 2.57. The van der Waals surface area contributed by atoms with Gasteiger partial charge in [0.05, 0.1) is 6.61 Å². The van der Waals surface area contributed by atoms with E-state index in [0.717, 1.165) is 30.8 Å². The van der Waals surface area contributed by atoms with Crippen molar-refractivity contribution >= 4 is 17.9 Å². The van der Waals surface area contributed by atoms with Crippen molar-refractivity contribution < 1.29 is 14.4 Å². The molecule has 0 saturated carbocycles. The largest absolute Gasteiger partial charge is 0.442 e. The van der Waals surface area contributed by atoms with Crippen molar-refractivity contribution in [2.24, 2.45) is 11.1 Å². The molecule has 0 bridgehead atoms. The second kappa shape index (κ2) is 7.36. The third-order valence-corrected chi connectivity index (χ3v) is 4.15. The fourth-order valence-electron chi connectivity index (χ4n) is 2.12. The van der Waals surface area contributed by atoms with E-state index in [-0.39, 0.29) is 5.41 Å². The van der Waals surface area contributed by atoms with Gasteiger partial charge in [0.2, 0.25) is 0 Å². The summed E-state index contributed by atoms with van der Waals surface area (Å²) in [5, 5.41) is 0. The van der Waals surface area contributed by atoms with Crippen LogP contribution in [0.25, 0.3) is 0 Å². The molecule has 0 radical (unpaired) electrons. The first-order chi connectivity index (χ1) is 8.87. The van der Waals surface area contributed by atoms with Crippen LogP contribution in [-0.4, -0.2) is 36.4 Å². The number of ether oxygens (including phenoxy) is 1. The maximum atomic E-state index is 11.5. The molecule has 0 aromatic rings. The summed E-state index contributed by atoms with van der Waals surface area (Å²) in [6, 6.07) is 0. The molecule has 1 aliphatic heterocycles. The van der Waals surface area contributed by atoms with Crippen LogP contribution in [0.2, 0.25) is 0 Å². The maximum absolute atomic E-state index is 11.5. The number of rotatable bonds is 5. The third kappa shape index (κ3) is 6.49. The lowest BCUT2D eigenvalue weighted by Crippen LogP contribution is -2.39. The van der Waals surface area contributed by atoms with E-state index in [2.05, 4.69) is 5.48 Å². The van der Waals surface area contributed by atoms with E-state index in [4.69, 9.17) is 15.3 Å². The fourth-order valence-corrected chi connectivity index (χ4v) is 3.48. The van der Waals surface area contributed by atoms with Gasteiger partial charge in [0.15, 0.2) is 0 Å². The molecule has 6 heteroatoms. The molecule has 1 fully saturated rings. The van der Waals surface area contributed by atoms with Gasteiger partial charge in [-0.1, -0.05) is 0 Å². The number of hydroxylamine groups is 1. The Morgan fingerprint density at radius 2 is 2.00 bits per heavy atom. The zero-order valence-corrected chi connectivity index (χ0v) is 13.0. The zero-order chi connectivity index (χ0) is 14.4. The number of hydrogen-bond acceptors (Lipinski definition) is 5. The smallest absolute Gasteiger partial charge is 0.431 e. The molecule has 1 saturated heterocycles. The van der Waals surface area contributed by atoms with E-state index < -0.39 is 11.7 Å². The van der Waals surface area contributed by atoms with Crippen molar-refractivity contribution in [2.45, 2.75) is 45.6 Å². The van der Waals surface area contributed by atoms with Gasteiger partial charge >= 0.3 is 6.09 Å². The Morgan fingerprint density at radius 1 is 1.37 bits per heavy atom. The lowest BCUT2D eigenvalue weighted by Gasteiger charge is -2.36. The number of nitrogens with two attached hydrogens (primary N) is 1. The Morgan fingerprint density at radius 3 is 2.53 bits per heavy atom. The summed E-state index contributed by atoms with van der Waals surface area (Å²) in [5.41, 5.74) is 7.64. The van der Waals surface area contributed by atoms with Crippen molar-refractivity contribution in [1.82, 2.24) is 5.48 Å². The molecule has 1 amide bonds. The summed E-state index contributed by atoms with van der Waals surface area (Å²) in [5.74, 6) is 2.27. The average molecular weight is 290 g/mol. The lowest BCUT2D eigenvalue weighted by atomic mass is 9.80. The van der Waals surface area contributed by atoms with Gasteiger partial charge in [-0.05, 0) is 63.5 Å². The van der Waals surface area contributed by atoms with Crippen LogP contribution in [-0.2, 0) is 9.57 Å². The minimum absolute atomic E-state index is 0.106. The third-order valence-electron chi connectivity index (χ3n) is 3.16. The quantitative estimate of drug-likeness (QED) is 0.760. The van der Waals surface area contributed by atoms with Crippen LogP contribution in [0.4, 0.5) is 4.79 Å². The highest BCUT2D eigenvalue weighted by Gasteiger charge is 2.32. The summed E-state index contributed by atoms with van der Waals surface area (Å²) in [6.45, 7) is 6.62. The van der Waals surface area contributed by atoms with Gasteiger partial charge in [0, 0.05) is 0 Å². The van der Waals surface area contributed by atoms with Crippen LogP contribution in [0.15, 0.2) is 0 Å². The first kappa shape index (κ1) is 16.6. The number of amides is 1. The van der Waals surface area contributed by atoms with Crippen molar-refractivity contribution in [3.05, 3.63) is 0 Å². The van der Waals surface area contributed by atoms with Gasteiger partial charge < -0.3 is 10.5 Å². The Hall–Kier alpha value is -0.460. The predicted octanol–water partition coefficient (Wildman–Crippen LogP) is 2.30. The highest BCUT2D eigenvalue weighted by molar-refractivity contribution is 7.99. The van der Waals surface area contributed by atoms with E-state index in [1.54, 1.807) is 0 Å². The fraction of sp³-hybridized carbons (Fsp3) is 0.923. The Kier molecular flexibility index (Phi) is 6.42. The lowest BCUT2D eigenvalue weighted by molar-refractivity contribution is -0.0418. The molecular weight excluding hydrogens is 264 g/mol. The number of nitrogens with one attached hydrogen (secondary N) is 1. The van der Waals surface area contributed by atoms with Gasteiger partial charge in [-0.2, -0.15) is 17.2 Å². The molecule has 3 N–H and O–H groups in total. The highest BCUT2D eigenvalue weighted by Crippen LogP contribution is 2.37. The van der Waals surface area contributed by atoms with Gasteiger partial charge in [0.1, 0.15) is 5.60 Å². The molecule has 112 valence electrons. The monoisotopic (exact) mass is 290 g/mol. The Labute approximate surface area is 119 Å². The molecule has 0 aromatic carbocycles. The van der Waals surface area contributed by atoms with Crippen molar-refractivity contribution in [3.63, 3.8) is 0 Å². The minimum atomic E-state index is -0.541. The van der Waals surface area contributed by atoms with Gasteiger partial charge in [-0.15, -0.1) is 0 Å². The van der Waals surface area contributed by atoms with Crippen LogP contribution < -0.4 is 11.2 Å². The first-order valence-corrected chi connectivity index (χ1v) is 7.91. The molecule has 1 aliphatic rings. The first-order valence-electron chi connectivity index (χ1n) is 6.75. The number of carbonyl (C=O) groups excluding carboxylic acids is 1. The molecule has 0 unspecified atom stereocenters. The molecule has 19 heavy (non-hydrogen) atoms. The summed E-state index contributed by atoms with van der Waals surface area (Å²) in [4.78, 5) is 16.8. The molecule has 0 aliphatic carbocycles. The van der Waals surface area contributed by atoms with Gasteiger partial charge in [-0.25, -0.2) is 4.79 Å². The summed E-state index contributed by atoms with van der Waals surface area (Å²) in [7, 11) is 0. The standard InChI is InChI=1S/C13H26N2O3S/c1-12(2,3)18-11(16)15-17-10-13(4-7-14)5-8-19-9-6-13/h4-10,14H2,1-3H3,(H,15,16). The number of hydrogen-bond donors (Lipinski definition) is 2. The van der Waals surface area contributed by atoms with Crippen LogP contribution in [0.3, 0.4) is 0 Å². The van der Waals surface area contributed by atoms with Crippen molar-refractivity contribution in [3.8, 4) is 0 Å². The van der Waals surface area contributed by atoms with E-state index in [1.807, 2.05) is 32.5 Å². The molecule has 0 spiro atoms. The van der Waals surface area contributed by atoms with Crippen LogP contribution in [0.1, 0.15) is 40.0 Å². The second-order valence-corrected chi connectivity index (χ2v) is 7.27. The molecule has 1 rings (SSSR count). The van der Waals surface area contributed by atoms with E-state index in [0.29, 0.717) is 13.2 Å². The summed E-state index contributed by atoms with van der Waals surface area (Å²) < 4.78 is 5.12. The summed E-state index contributed by atoms with van der Waals surface area (Å²) >= 11 is 1.96. The highest BCUT2D eigenvalue weighted by atomic mass is 32.2. The number of carbonyl (C=O) groups is 1. The molecule has 5 nitrogen and oxygen atoms in total. The Bertz CT molecular complexity index is 281. The van der Waals surface area contributed by atoms with Crippen molar-refractivity contribution in [2.75, 3.05) is 24.7 Å². The SMILES string of the molecule is CC(C)(C)OC(=O)NOCC1(CCN)CCSCC1. The minimum Gasteiger partial charge on any atom is -0.442 e.